The first-order chi connectivity index (χ1) is 10.8. The molecule has 2 aromatic rings. The highest BCUT2D eigenvalue weighted by Crippen LogP contribution is 2.05. The van der Waals surface area contributed by atoms with Gasteiger partial charge in [-0.25, -0.2) is 14.8 Å². The molecule has 0 radical (unpaired) electrons. The number of benzene rings is 1. The number of carbonyl (C=O) groups excluding carboxylic acids is 1. The SMILES string of the molecule is NC(=O)N(CCCc1ccccc1)OCCCc1cnc[nH]1. The van der Waals surface area contributed by atoms with Gasteiger partial charge in [-0.2, -0.15) is 0 Å². The number of carbonyl (C=O) groups is 1. The van der Waals surface area contributed by atoms with Crippen LogP contribution in [0.1, 0.15) is 24.1 Å². The molecule has 0 atom stereocenters. The molecule has 22 heavy (non-hydrogen) atoms. The minimum absolute atomic E-state index is 0.452. The molecule has 0 aliphatic heterocycles. The lowest BCUT2D eigenvalue weighted by molar-refractivity contribution is -0.116. The van der Waals surface area contributed by atoms with E-state index in [0.717, 1.165) is 31.4 Å². The molecule has 2 rings (SSSR count). The Bertz CT molecular complexity index is 543. The van der Waals surface area contributed by atoms with Gasteiger partial charge in [-0.3, -0.25) is 4.84 Å². The molecule has 1 heterocycles. The third kappa shape index (κ3) is 5.57. The van der Waals surface area contributed by atoms with E-state index in [-0.39, 0.29) is 0 Å². The minimum atomic E-state index is -0.547. The molecule has 0 fully saturated rings. The Morgan fingerprint density at radius 3 is 2.73 bits per heavy atom. The molecule has 6 heteroatoms. The molecule has 0 aliphatic rings. The Hall–Kier alpha value is -2.34. The van der Waals surface area contributed by atoms with Gasteiger partial charge in [0.1, 0.15) is 0 Å². The highest BCUT2D eigenvalue weighted by atomic mass is 16.7. The van der Waals surface area contributed by atoms with Gasteiger partial charge in [0.15, 0.2) is 0 Å². The van der Waals surface area contributed by atoms with Crippen LogP contribution in [-0.4, -0.2) is 34.2 Å². The highest BCUT2D eigenvalue weighted by Gasteiger charge is 2.10. The number of hydrogen-bond acceptors (Lipinski definition) is 3. The number of urea groups is 1. The van der Waals surface area contributed by atoms with E-state index in [0.29, 0.717) is 13.2 Å². The Labute approximate surface area is 130 Å². The first kappa shape index (κ1) is 16.0. The monoisotopic (exact) mass is 302 g/mol. The minimum Gasteiger partial charge on any atom is -0.350 e. The zero-order chi connectivity index (χ0) is 15.6. The molecule has 0 bridgehead atoms. The Balaban J connectivity index is 1.65. The van der Waals surface area contributed by atoms with Gasteiger partial charge in [-0.05, 0) is 31.2 Å². The number of H-pyrrole nitrogens is 1. The summed E-state index contributed by atoms with van der Waals surface area (Å²) in [5.74, 6) is 0. The van der Waals surface area contributed by atoms with Crippen molar-refractivity contribution in [3.05, 3.63) is 54.1 Å². The predicted molar refractivity (Wildman–Crippen MR) is 83.9 cm³/mol. The molecule has 1 aromatic carbocycles. The maximum atomic E-state index is 11.4. The number of hydrogen-bond donors (Lipinski definition) is 2. The zero-order valence-corrected chi connectivity index (χ0v) is 12.6. The summed E-state index contributed by atoms with van der Waals surface area (Å²) < 4.78 is 0. The molecule has 0 saturated carbocycles. The molecular weight excluding hydrogens is 280 g/mol. The molecule has 3 N–H and O–H groups in total. The van der Waals surface area contributed by atoms with Crippen LogP contribution in [0.25, 0.3) is 0 Å². The number of imidazole rings is 1. The second-order valence-electron chi connectivity index (χ2n) is 5.04. The van der Waals surface area contributed by atoms with Gasteiger partial charge >= 0.3 is 6.03 Å². The number of aromatic nitrogens is 2. The number of aromatic amines is 1. The second-order valence-corrected chi connectivity index (χ2v) is 5.04. The lowest BCUT2D eigenvalue weighted by Crippen LogP contribution is -2.37. The molecule has 0 aliphatic carbocycles. The van der Waals surface area contributed by atoms with Gasteiger partial charge in [-0.15, -0.1) is 0 Å². The molecular formula is C16H22N4O2. The predicted octanol–water partition coefficient (Wildman–Crippen LogP) is 2.29. The summed E-state index contributed by atoms with van der Waals surface area (Å²) >= 11 is 0. The van der Waals surface area contributed by atoms with Crippen molar-refractivity contribution in [3.8, 4) is 0 Å². The largest absolute Gasteiger partial charge is 0.350 e. The van der Waals surface area contributed by atoms with Gasteiger partial charge in [0.2, 0.25) is 0 Å². The van der Waals surface area contributed by atoms with Crippen LogP contribution in [0.5, 0.6) is 0 Å². The van der Waals surface area contributed by atoms with Gasteiger partial charge in [-0.1, -0.05) is 30.3 Å². The van der Waals surface area contributed by atoms with Crippen molar-refractivity contribution in [2.24, 2.45) is 5.73 Å². The zero-order valence-electron chi connectivity index (χ0n) is 12.6. The molecule has 1 aromatic heterocycles. The van der Waals surface area contributed by atoms with Crippen molar-refractivity contribution in [1.82, 2.24) is 15.0 Å². The standard InChI is InChI=1S/C16H22N4O2/c17-16(21)20(10-4-8-14-6-2-1-3-7-14)22-11-5-9-15-12-18-13-19-15/h1-3,6-7,12-13H,4-5,8-11H2,(H2,17,21)(H,18,19). The van der Waals surface area contributed by atoms with Crippen LogP contribution in [-0.2, 0) is 17.7 Å². The van der Waals surface area contributed by atoms with E-state index in [2.05, 4.69) is 22.1 Å². The van der Waals surface area contributed by atoms with Gasteiger partial charge in [0.05, 0.1) is 19.5 Å². The molecule has 0 saturated heterocycles. The molecule has 118 valence electrons. The Morgan fingerprint density at radius 1 is 1.23 bits per heavy atom. The van der Waals surface area contributed by atoms with Crippen LogP contribution >= 0.6 is 0 Å². The van der Waals surface area contributed by atoms with Gasteiger partial charge in [0, 0.05) is 11.9 Å². The number of nitrogens with one attached hydrogen (secondary N) is 1. The van der Waals surface area contributed by atoms with Gasteiger partial charge < -0.3 is 10.7 Å². The van der Waals surface area contributed by atoms with Crippen LogP contribution < -0.4 is 5.73 Å². The highest BCUT2D eigenvalue weighted by molar-refractivity contribution is 5.70. The van der Waals surface area contributed by atoms with Crippen molar-refractivity contribution in [1.29, 1.82) is 0 Å². The maximum absolute atomic E-state index is 11.4. The number of nitrogens with two attached hydrogens (primary N) is 1. The average Bonchev–Trinajstić information content (AvgIpc) is 3.03. The molecule has 6 nitrogen and oxygen atoms in total. The summed E-state index contributed by atoms with van der Waals surface area (Å²) in [5.41, 5.74) is 7.63. The van der Waals surface area contributed by atoms with Crippen molar-refractivity contribution in [3.63, 3.8) is 0 Å². The fourth-order valence-electron chi connectivity index (χ4n) is 2.17. The van der Waals surface area contributed by atoms with E-state index in [1.807, 2.05) is 18.2 Å². The van der Waals surface area contributed by atoms with E-state index in [4.69, 9.17) is 10.6 Å². The topological polar surface area (TPSA) is 84.2 Å². The summed E-state index contributed by atoms with van der Waals surface area (Å²) in [5, 5.41) is 1.25. The molecule has 0 unspecified atom stereocenters. The molecule has 0 spiro atoms. The third-order valence-electron chi connectivity index (χ3n) is 3.31. The van der Waals surface area contributed by atoms with Crippen LogP contribution in [0.2, 0.25) is 0 Å². The number of hydroxylamine groups is 2. The first-order valence-electron chi connectivity index (χ1n) is 7.47. The number of nitrogens with zero attached hydrogens (tertiary/aromatic N) is 2. The Kier molecular flexibility index (Phi) is 6.44. The van der Waals surface area contributed by atoms with Crippen molar-refractivity contribution in [2.75, 3.05) is 13.2 Å². The van der Waals surface area contributed by atoms with Crippen molar-refractivity contribution < 1.29 is 9.63 Å². The van der Waals surface area contributed by atoms with E-state index < -0.39 is 6.03 Å². The van der Waals surface area contributed by atoms with Crippen LogP contribution in [0, 0.1) is 0 Å². The summed E-state index contributed by atoms with van der Waals surface area (Å²) in [6.45, 7) is 0.946. The maximum Gasteiger partial charge on any atom is 0.338 e. The third-order valence-corrected chi connectivity index (χ3v) is 3.31. The second kappa shape index (κ2) is 8.84. The van der Waals surface area contributed by atoms with E-state index >= 15 is 0 Å². The summed E-state index contributed by atoms with van der Waals surface area (Å²) in [6.07, 6.45) is 6.76. The molecule has 2 amide bonds. The normalized spacial score (nSPS) is 10.5. The van der Waals surface area contributed by atoms with E-state index in [1.54, 1.807) is 12.5 Å². The first-order valence-corrected chi connectivity index (χ1v) is 7.47. The van der Waals surface area contributed by atoms with Crippen LogP contribution in [0.3, 0.4) is 0 Å². The van der Waals surface area contributed by atoms with Crippen molar-refractivity contribution >= 4 is 6.03 Å². The summed E-state index contributed by atoms with van der Waals surface area (Å²) in [6, 6.07) is 9.59. The quantitative estimate of drug-likeness (QED) is 0.550. The Morgan fingerprint density at radius 2 is 2.05 bits per heavy atom. The summed E-state index contributed by atoms with van der Waals surface area (Å²) in [4.78, 5) is 23.8. The number of aryl methyl sites for hydroxylation is 2. The fraction of sp³-hybridized carbons (Fsp3) is 0.375. The fourth-order valence-corrected chi connectivity index (χ4v) is 2.17. The van der Waals surface area contributed by atoms with E-state index in [9.17, 15) is 4.79 Å². The number of rotatable bonds is 9. The van der Waals surface area contributed by atoms with E-state index in [1.165, 1.54) is 10.6 Å². The smallest absolute Gasteiger partial charge is 0.338 e. The van der Waals surface area contributed by atoms with Crippen LogP contribution in [0.4, 0.5) is 4.79 Å². The number of primary amides is 1. The van der Waals surface area contributed by atoms with Gasteiger partial charge in [0.25, 0.3) is 0 Å². The van der Waals surface area contributed by atoms with Crippen LogP contribution in [0.15, 0.2) is 42.9 Å². The average molecular weight is 302 g/mol. The lowest BCUT2D eigenvalue weighted by atomic mass is 10.1. The number of amides is 2. The van der Waals surface area contributed by atoms with Crippen molar-refractivity contribution in [2.45, 2.75) is 25.7 Å². The summed E-state index contributed by atoms with van der Waals surface area (Å²) in [7, 11) is 0. The lowest BCUT2D eigenvalue weighted by Gasteiger charge is -2.19.